The van der Waals surface area contributed by atoms with Gasteiger partial charge >= 0.3 is 0 Å². The number of aliphatic hydroxyl groups excluding tert-OH is 1. The molecule has 2 heterocycles. The smallest absolute Gasteiger partial charge is 0.255 e. The first kappa shape index (κ1) is 16.7. The minimum absolute atomic E-state index is 0.0293. The van der Waals surface area contributed by atoms with Gasteiger partial charge in [-0.15, -0.1) is 0 Å². The van der Waals surface area contributed by atoms with E-state index in [1.807, 2.05) is 16.9 Å². The summed E-state index contributed by atoms with van der Waals surface area (Å²) >= 11 is 0. The number of nitrogens with one attached hydrogen (secondary N) is 1. The number of nitrogens with zero attached hydrogens (tertiary/aromatic N) is 3. The molecule has 1 unspecified atom stereocenters. The number of benzene rings is 1. The Hall–Kier alpha value is -2.80. The molecule has 134 valence electrons. The van der Waals surface area contributed by atoms with Crippen molar-refractivity contribution >= 4 is 16.7 Å². The van der Waals surface area contributed by atoms with E-state index in [1.54, 1.807) is 24.5 Å². The number of pyridine rings is 1. The molecule has 1 aromatic carbocycles. The van der Waals surface area contributed by atoms with Crippen LogP contribution < -0.4 is 5.32 Å². The summed E-state index contributed by atoms with van der Waals surface area (Å²) in [6.45, 7) is 0.684. The van der Waals surface area contributed by atoms with Crippen molar-refractivity contribution in [1.29, 1.82) is 0 Å². The maximum atomic E-state index is 14.3. The van der Waals surface area contributed by atoms with Crippen molar-refractivity contribution in [2.24, 2.45) is 5.92 Å². The monoisotopic (exact) mass is 354 g/mol. The number of aromatic nitrogens is 3. The SMILES string of the molecule is O=C(N[C@@H]1CC(Cn2cccn2)C[C@H]1O)c1c(F)ccc2ccncc12. The summed E-state index contributed by atoms with van der Waals surface area (Å²) < 4.78 is 16.1. The number of halogens is 1. The van der Waals surface area contributed by atoms with Crippen molar-refractivity contribution < 1.29 is 14.3 Å². The van der Waals surface area contributed by atoms with Gasteiger partial charge in [-0.2, -0.15) is 5.10 Å². The molecule has 0 saturated heterocycles. The lowest BCUT2D eigenvalue weighted by Gasteiger charge is -2.17. The van der Waals surface area contributed by atoms with Gasteiger partial charge in [0, 0.05) is 36.7 Å². The van der Waals surface area contributed by atoms with E-state index in [9.17, 15) is 14.3 Å². The van der Waals surface area contributed by atoms with Crippen molar-refractivity contribution in [3.05, 3.63) is 60.4 Å². The lowest BCUT2D eigenvalue weighted by Crippen LogP contribution is -2.40. The van der Waals surface area contributed by atoms with Crippen LogP contribution in [0.3, 0.4) is 0 Å². The standard InChI is InChI=1S/C19H19FN4O2/c20-15-3-2-13-4-6-21-10-14(13)18(15)19(26)23-16-8-12(9-17(16)25)11-24-7-1-5-22-24/h1-7,10,12,16-17,25H,8-9,11H2,(H,23,26)/t12?,16-,17-/m1/s1. The van der Waals surface area contributed by atoms with E-state index < -0.39 is 23.9 Å². The normalized spacial score (nSPS) is 22.6. The number of aliphatic hydroxyl groups is 1. The van der Waals surface area contributed by atoms with E-state index >= 15 is 0 Å². The molecule has 2 N–H and O–H groups in total. The third kappa shape index (κ3) is 3.17. The Morgan fingerprint density at radius 1 is 1.31 bits per heavy atom. The zero-order chi connectivity index (χ0) is 18.1. The Morgan fingerprint density at radius 3 is 3.00 bits per heavy atom. The molecule has 0 radical (unpaired) electrons. The molecular formula is C19H19FN4O2. The summed E-state index contributed by atoms with van der Waals surface area (Å²) in [6, 6.07) is 6.07. The van der Waals surface area contributed by atoms with E-state index in [4.69, 9.17) is 0 Å². The highest BCUT2D eigenvalue weighted by Crippen LogP contribution is 2.28. The van der Waals surface area contributed by atoms with Gasteiger partial charge in [0.15, 0.2) is 0 Å². The molecule has 2 aromatic heterocycles. The van der Waals surface area contributed by atoms with Crippen LogP contribution in [-0.2, 0) is 6.54 Å². The van der Waals surface area contributed by atoms with Crippen LogP contribution in [0.25, 0.3) is 10.8 Å². The summed E-state index contributed by atoms with van der Waals surface area (Å²) in [5, 5.41) is 18.5. The highest BCUT2D eigenvalue weighted by Gasteiger charge is 2.35. The molecule has 1 saturated carbocycles. The Morgan fingerprint density at radius 2 is 2.19 bits per heavy atom. The van der Waals surface area contributed by atoms with Crippen LogP contribution in [0.5, 0.6) is 0 Å². The molecule has 4 rings (SSSR count). The number of hydrogen-bond acceptors (Lipinski definition) is 4. The van der Waals surface area contributed by atoms with Gasteiger partial charge in [0.05, 0.1) is 17.7 Å². The minimum Gasteiger partial charge on any atom is -0.391 e. The van der Waals surface area contributed by atoms with Gasteiger partial charge in [-0.05, 0) is 42.3 Å². The van der Waals surface area contributed by atoms with Crippen molar-refractivity contribution in [3.63, 3.8) is 0 Å². The number of hydrogen-bond donors (Lipinski definition) is 2. The second-order valence-electron chi connectivity index (χ2n) is 6.73. The zero-order valence-corrected chi connectivity index (χ0v) is 14.0. The van der Waals surface area contributed by atoms with Gasteiger partial charge in [-0.25, -0.2) is 4.39 Å². The van der Waals surface area contributed by atoms with E-state index in [0.29, 0.717) is 24.8 Å². The third-order valence-electron chi connectivity index (χ3n) is 4.95. The third-order valence-corrected chi connectivity index (χ3v) is 4.95. The van der Waals surface area contributed by atoms with E-state index in [2.05, 4.69) is 15.4 Å². The van der Waals surface area contributed by atoms with Gasteiger partial charge in [0.2, 0.25) is 0 Å². The quantitative estimate of drug-likeness (QED) is 0.752. The molecule has 0 bridgehead atoms. The van der Waals surface area contributed by atoms with Crippen LogP contribution in [0.1, 0.15) is 23.2 Å². The highest BCUT2D eigenvalue weighted by atomic mass is 19.1. The number of carbonyl (C=O) groups is 1. The molecule has 7 heteroatoms. The first-order valence-corrected chi connectivity index (χ1v) is 8.60. The second-order valence-corrected chi connectivity index (χ2v) is 6.73. The Bertz CT molecular complexity index is 928. The topological polar surface area (TPSA) is 80.0 Å². The van der Waals surface area contributed by atoms with Crippen LogP contribution in [0.4, 0.5) is 4.39 Å². The van der Waals surface area contributed by atoms with Crippen molar-refractivity contribution in [3.8, 4) is 0 Å². The number of carbonyl (C=O) groups excluding carboxylic acids is 1. The Kier molecular flexibility index (Phi) is 4.38. The molecule has 3 atom stereocenters. The molecule has 1 amide bonds. The first-order chi connectivity index (χ1) is 12.6. The van der Waals surface area contributed by atoms with Gasteiger partial charge in [0.1, 0.15) is 5.82 Å². The van der Waals surface area contributed by atoms with Gasteiger partial charge in [0.25, 0.3) is 5.91 Å². The van der Waals surface area contributed by atoms with E-state index in [0.717, 1.165) is 5.39 Å². The molecule has 26 heavy (non-hydrogen) atoms. The highest BCUT2D eigenvalue weighted by molar-refractivity contribution is 6.07. The molecular weight excluding hydrogens is 335 g/mol. The van der Waals surface area contributed by atoms with E-state index in [-0.39, 0.29) is 11.5 Å². The summed E-state index contributed by atoms with van der Waals surface area (Å²) in [6.07, 6.45) is 7.21. The fourth-order valence-electron chi connectivity index (χ4n) is 3.70. The van der Waals surface area contributed by atoms with Crippen molar-refractivity contribution in [2.45, 2.75) is 31.5 Å². The number of rotatable bonds is 4. The zero-order valence-electron chi connectivity index (χ0n) is 14.0. The fraction of sp³-hybridized carbons (Fsp3) is 0.316. The summed E-state index contributed by atoms with van der Waals surface area (Å²) in [5.74, 6) is -0.914. The Labute approximate surface area is 149 Å². The molecule has 3 aromatic rings. The van der Waals surface area contributed by atoms with Crippen molar-refractivity contribution in [2.75, 3.05) is 0 Å². The summed E-state index contributed by atoms with van der Waals surface area (Å²) in [4.78, 5) is 16.7. The maximum Gasteiger partial charge on any atom is 0.255 e. The lowest BCUT2D eigenvalue weighted by molar-refractivity contribution is 0.0870. The average molecular weight is 354 g/mol. The molecule has 1 aliphatic rings. The average Bonchev–Trinajstić information content (AvgIpc) is 3.25. The molecule has 0 spiro atoms. The Balaban J connectivity index is 1.51. The minimum atomic E-state index is -0.657. The van der Waals surface area contributed by atoms with Crippen LogP contribution >= 0.6 is 0 Å². The molecule has 6 nitrogen and oxygen atoms in total. The van der Waals surface area contributed by atoms with Crippen LogP contribution in [0, 0.1) is 11.7 Å². The van der Waals surface area contributed by atoms with Gasteiger partial charge < -0.3 is 10.4 Å². The largest absolute Gasteiger partial charge is 0.391 e. The summed E-state index contributed by atoms with van der Waals surface area (Å²) in [7, 11) is 0. The van der Waals surface area contributed by atoms with Crippen LogP contribution in [0.2, 0.25) is 0 Å². The predicted molar refractivity (Wildman–Crippen MR) is 93.9 cm³/mol. The second kappa shape index (κ2) is 6.84. The van der Waals surface area contributed by atoms with Gasteiger partial charge in [-0.3, -0.25) is 14.5 Å². The molecule has 1 fully saturated rings. The number of amides is 1. The molecule has 0 aliphatic heterocycles. The number of fused-ring (bicyclic) bond motifs is 1. The maximum absolute atomic E-state index is 14.3. The van der Waals surface area contributed by atoms with Crippen LogP contribution in [-0.4, -0.2) is 37.9 Å². The van der Waals surface area contributed by atoms with Crippen molar-refractivity contribution in [1.82, 2.24) is 20.1 Å². The van der Waals surface area contributed by atoms with Gasteiger partial charge in [-0.1, -0.05) is 6.07 Å². The predicted octanol–water partition coefficient (Wildman–Crippen LogP) is 2.14. The fourth-order valence-corrected chi connectivity index (χ4v) is 3.70. The first-order valence-electron chi connectivity index (χ1n) is 8.60. The summed E-state index contributed by atoms with van der Waals surface area (Å²) in [5.41, 5.74) is -0.0293. The lowest BCUT2D eigenvalue weighted by atomic mass is 10.0. The molecule has 1 aliphatic carbocycles. The van der Waals surface area contributed by atoms with E-state index in [1.165, 1.54) is 12.3 Å². The van der Waals surface area contributed by atoms with Crippen LogP contribution in [0.15, 0.2) is 49.1 Å².